The molecule has 0 aliphatic rings. The number of hydrogen-bond donors (Lipinski definition) is 0. The summed E-state index contributed by atoms with van der Waals surface area (Å²) in [6.07, 6.45) is 4.31. The lowest BCUT2D eigenvalue weighted by molar-refractivity contribution is 1.34. The molecule has 0 unspecified atom stereocenters. The van der Waals surface area contributed by atoms with Gasteiger partial charge in [0, 0.05) is 5.33 Å². The van der Waals surface area contributed by atoms with Crippen LogP contribution in [0.5, 0.6) is 0 Å². The molecule has 9 heavy (non-hydrogen) atoms. The SMILES string of the molecule is CC(C)=CC(C)=CCBr. The minimum Gasteiger partial charge on any atom is -0.0883 e. The highest BCUT2D eigenvalue weighted by molar-refractivity contribution is 9.09. The maximum absolute atomic E-state index is 3.33. The molecule has 0 N–H and O–H groups in total. The van der Waals surface area contributed by atoms with E-state index in [1.165, 1.54) is 11.1 Å². The average Bonchev–Trinajstić information content (AvgIpc) is 1.63. The molecule has 0 radical (unpaired) electrons. The van der Waals surface area contributed by atoms with Crippen LogP contribution in [-0.2, 0) is 0 Å². The van der Waals surface area contributed by atoms with E-state index in [1.54, 1.807) is 0 Å². The van der Waals surface area contributed by atoms with Crippen LogP contribution in [0.1, 0.15) is 20.8 Å². The molecule has 0 spiro atoms. The Morgan fingerprint density at radius 1 is 1.33 bits per heavy atom. The standard InChI is InChI=1S/C8H13Br/c1-7(2)6-8(3)4-5-9/h4,6H,5H2,1-3H3. The van der Waals surface area contributed by atoms with Crippen LogP contribution < -0.4 is 0 Å². The van der Waals surface area contributed by atoms with Gasteiger partial charge in [-0.05, 0) is 20.8 Å². The van der Waals surface area contributed by atoms with Crippen LogP contribution >= 0.6 is 15.9 Å². The zero-order chi connectivity index (χ0) is 7.28. The van der Waals surface area contributed by atoms with Crippen LogP contribution in [0.15, 0.2) is 23.3 Å². The first kappa shape index (κ1) is 8.96. The van der Waals surface area contributed by atoms with Crippen LogP contribution in [0.3, 0.4) is 0 Å². The van der Waals surface area contributed by atoms with Crippen molar-refractivity contribution in [3.05, 3.63) is 23.3 Å². The Bertz CT molecular complexity index is 128. The second-order valence-electron chi connectivity index (χ2n) is 2.32. The lowest BCUT2D eigenvalue weighted by Gasteiger charge is -1.90. The molecule has 0 heterocycles. The Kier molecular flexibility index (Phi) is 4.78. The highest BCUT2D eigenvalue weighted by Gasteiger charge is 1.80. The van der Waals surface area contributed by atoms with E-state index in [0.29, 0.717) is 0 Å². The van der Waals surface area contributed by atoms with E-state index in [9.17, 15) is 0 Å². The molecule has 0 aliphatic heterocycles. The Labute approximate surface area is 65.8 Å². The quantitative estimate of drug-likeness (QED) is 0.461. The summed E-state index contributed by atoms with van der Waals surface area (Å²) in [6.45, 7) is 6.31. The number of hydrogen-bond acceptors (Lipinski definition) is 0. The first-order chi connectivity index (χ1) is 4.16. The molecular weight excluding hydrogens is 176 g/mol. The van der Waals surface area contributed by atoms with Gasteiger partial charge in [0.25, 0.3) is 0 Å². The maximum atomic E-state index is 3.33. The maximum Gasteiger partial charge on any atom is 0.0217 e. The normalized spacial score (nSPS) is 11.3. The Morgan fingerprint density at radius 3 is 2.22 bits per heavy atom. The molecule has 0 aromatic carbocycles. The zero-order valence-corrected chi connectivity index (χ0v) is 7.83. The molecule has 0 aliphatic carbocycles. The number of halogens is 1. The van der Waals surface area contributed by atoms with Crippen molar-refractivity contribution in [2.24, 2.45) is 0 Å². The topological polar surface area (TPSA) is 0 Å². The van der Waals surface area contributed by atoms with Crippen LogP contribution in [0.2, 0.25) is 0 Å². The minimum absolute atomic E-state index is 0.947. The summed E-state index contributed by atoms with van der Waals surface area (Å²) < 4.78 is 0. The molecule has 0 bridgehead atoms. The zero-order valence-electron chi connectivity index (χ0n) is 6.24. The first-order valence-electron chi connectivity index (χ1n) is 3.04. The summed E-state index contributed by atoms with van der Waals surface area (Å²) in [7, 11) is 0. The number of rotatable bonds is 2. The highest BCUT2D eigenvalue weighted by atomic mass is 79.9. The molecule has 1 heteroatoms. The second kappa shape index (κ2) is 4.80. The van der Waals surface area contributed by atoms with Gasteiger partial charge in [-0.25, -0.2) is 0 Å². The largest absolute Gasteiger partial charge is 0.0883 e. The smallest absolute Gasteiger partial charge is 0.0217 e. The lowest BCUT2D eigenvalue weighted by Crippen LogP contribution is -1.71. The third-order valence-electron chi connectivity index (χ3n) is 0.915. The summed E-state index contributed by atoms with van der Waals surface area (Å²) in [5, 5.41) is 0.947. The lowest BCUT2D eigenvalue weighted by atomic mass is 10.2. The molecule has 0 fully saturated rings. The Hall–Kier alpha value is -0.0400. The Morgan fingerprint density at radius 2 is 1.89 bits per heavy atom. The fourth-order valence-electron chi connectivity index (χ4n) is 0.636. The van der Waals surface area contributed by atoms with Crippen LogP contribution in [0.25, 0.3) is 0 Å². The van der Waals surface area contributed by atoms with Crippen molar-refractivity contribution in [3.63, 3.8) is 0 Å². The van der Waals surface area contributed by atoms with Gasteiger partial charge in [0.1, 0.15) is 0 Å². The van der Waals surface area contributed by atoms with Crippen molar-refractivity contribution in [2.75, 3.05) is 5.33 Å². The number of allylic oxidation sites excluding steroid dienone is 4. The van der Waals surface area contributed by atoms with Crippen LogP contribution in [0, 0.1) is 0 Å². The summed E-state index contributed by atoms with van der Waals surface area (Å²) in [6, 6.07) is 0. The van der Waals surface area contributed by atoms with Crippen molar-refractivity contribution in [2.45, 2.75) is 20.8 Å². The molecule has 0 amide bonds. The summed E-state index contributed by atoms with van der Waals surface area (Å²) in [5.41, 5.74) is 2.68. The predicted octanol–water partition coefficient (Wildman–Crippen LogP) is 3.29. The van der Waals surface area contributed by atoms with Gasteiger partial charge < -0.3 is 0 Å². The average molecular weight is 189 g/mol. The molecule has 0 saturated carbocycles. The molecule has 0 rings (SSSR count). The van der Waals surface area contributed by atoms with E-state index in [4.69, 9.17) is 0 Å². The van der Waals surface area contributed by atoms with E-state index in [-0.39, 0.29) is 0 Å². The molecule has 0 aromatic heterocycles. The molecule has 0 aromatic rings. The van der Waals surface area contributed by atoms with Gasteiger partial charge in [0.2, 0.25) is 0 Å². The molecule has 52 valence electrons. The second-order valence-corrected chi connectivity index (χ2v) is 2.97. The first-order valence-corrected chi connectivity index (χ1v) is 4.16. The van der Waals surface area contributed by atoms with E-state index in [1.807, 2.05) is 0 Å². The van der Waals surface area contributed by atoms with Crippen molar-refractivity contribution < 1.29 is 0 Å². The van der Waals surface area contributed by atoms with Gasteiger partial charge >= 0.3 is 0 Å². The van der Waals surface area contributed by atoms with Gasteiger partial charge in [0.05, 0.1) is 0 Å². The third kappa shape index (κ3) is 5.84. The summed E-state index contributed by atoms with van der Waals surface area (Å²) in [5.74, 6) is 0. The van der Waals surface area contributed by atoms with Gasteiger partial charge in [-0.3, -0.25) is 0 Å². The van der Waals surface area contributed by atoms with Crippen molar-refractivity contribution in [1.29, 1.82) is 0 Å². The van der Waals surface area contributed by atoms with E-state index in [0.717, 1.165) is 5.33 Å². The van der Waals surface area contributed by atoms with Crippen LogP contribution in [-0.4, -0.2) is 5.33 Å². The van der Waals surface area contributed by atoms with E-state index < -0.39 is 0 Å². The van der Waals surface area contributed by atoms with Gasteiger partial charge in [0.15, 0.2) is 0 Å². The van der Waals surface area contributed by atoms with Gasteiger partial charge in [-0.1, -0.05) is 39.2 Å². The van der Waals surface area contributed by atoms with E-state index in [2.05, 4.69) is 48.9 Å². The van der Waals surface area contributed by atoms with Gasteiger partial charge in [-0.15, -0.1) is 0 Å². The predicted molar refractivity (Wildman–Crippen MR) is 47.0 cm³/mol. The molecule has 0 atom stereocenters. The molecule has 0 saturated heterocycles. The monoisotopic (exact) mass is 188 g/mol. The third-order valence-corrected chi connectivity index (χ3v) is 1.24. The van der Waals surface area contributed by atoms with E-state index >= 15 is 0 Å². The van der Waals surface area contributed by atoms with Crippen LogP contribution in [0.4, 0.5) is 0 Å². The highest BCUT2D eigenvalue weighted by Crippen LogP contribution is 2.00. The molecule has 0 nitrogen and oxygen atoms in total. The summed E-state index contributed by atoms with van der Waals surface area (Å²) >= 11 is 3.33. The fourth-order valence-corrected chi connectivity index (χ4v) is 1.15. The van der Waals surface area contributed by atoms with Crippen molar-refractivity contribution >= 4 is 15.9 Å². The molecular formula is C8H13Br. The minimum atomic E-state index is 0.947. The summed E-state index contributed by atoms with van der Waals surface area (Å²) in [4.78, 5) is 0. The van der Waals surface area contributed by atoms with Crippen molar-refractivity contribution in [1.82, 2.24) is 0 Å². The van der Waals surface area contributed by atoms with Crippen molar-refractivity contribution in [3.8, 4) is 0 Å². The number of alkyl halides is 1. The fraction of sp³-hybridized carbons (Fsp3) is 0.500. The Balaban J connectivity index is 3.90. The van der Waals surface area contributed by atoms with Gasteiger partial charge in [-0.2, -0.15) is 0 Å².